The molecule has 2 rings (SSSR count). The summed E-state index contributed by atoms with van der Waals surface area (Å²) in [6.07, 6.45) is 0.688. The van der Waals surface area contributed by atoms with Crippen LogP contribution in [0, 0.1) is 0 Å². The molecule has 7 heteroatoms. The van der Waals surface area contributed by atoms with Gasteiger partial charge >= 0.3 is 0 Å². The lowest BCUT2D eigenvalue weighted by Crippen LogP contribution is -2.12. The molecule has 0 aliphatic rings. The quantitative estimate of drug-likeness (QED) is 0.520. The Morgan fingerprint density at radius 1 is 1.45 bits per heavy atom. The van der Waals surface area contributed by atoms with Crippen LogP contribution in [0.4, 0.5) is 5.69 Å². The maximum atomic E-state index is 5.65. The Morgan fingerprint density at radius 2 is 2.25 bits per heavy atom. The third-order valence-electron chi connectivity index (χ3n) is 2.60. The highest BCUT2D eigenvalue weighted by molar-refractivity contribution is 6.28. The molecular formula is C13H15ClN4O2. The van der Waals surface area contributed by atoms with Crippen LogP contribution in [0.1, 0.15) is 12.8 Å². The van der Waals surface area contributed by atoms with E-state index < -0.39 is 0 Å². The zero-order chi connectivity index (χ0) is 14.5. The third-order valence-corrected chi connectivity index (χ3v) is 2.87. The van der Waals surface area contributed by atoms with Gasteiger partial charge in [-0.15, -0.1) is 21.8 Å². The van der Waals surface area contributed by atoms with Crippen LogP contribution in [0.3, 0.4) is 0 Å². The highest BCUT2D eigenvalue weighted by atomic mass is 35.5. The van der Waals surface area contributed by atoms with Gasteiger partial charge in [0.25, 0.3) is 0 Å². The van der Waals surface area contributed by atoms with Crippen molar-refractivity contribution in [3.8, 4) is 17.2 Å². The summed E-state index contributed by atoms with van der Waals surface area (Å²) in [6, 6.07) is 5.36. The fourth-order valence-electron chi connectivity index (χ4n) is 1.61. The van der Waals surface area contributed by atoms with Crippen LogP contribution in [-0.4, -0.2) is 29.0 Å². The van der Waals surface area contributed by atoms with Gasteiger partial charge in [-0.3, -0.25) is 0 Å². The van der Waals surface area contributed by atoms with Crippen LogP contribution in [0.15, 0.2) is 27.6 Å². The molecule has 106 valence electrons. The zero-order valence-electron chi connectivity index (χ0n) is 11.3. The molecule has 1 aromatic carbocycles. The van der Waals surface area contributed by atoms with Gasteiger partial charge in [-0.05, 0) is 18.2 Å². The Morgan fingerprint density at radius 3 is 2.85 bits per heavy atom. The normalized spacial score (nSPS) is 11.7. The number of ether oxygens (including phenoxy) is 1. The van der Waals surface area contributed by atoms with Crippen LogP contribution in [0.5, 0.6) is 5.75 Å². The lowest BCUT2D eigenvalue weighted by Gasteiger charge is -2.06. The molecular weight excluding hydrogens is 280 g/mol. The minimum Gasteiger partial charge on any atom is -0.494 e. The standard InChI is InChI=1S/C13H15ClN4O2/c1-3-12-17-18-13(20-12)8-4-5-10(19-2)9(6-8)16-11(15)7-14/h4-6H,3,7H2,1-2H3,(H2,15,16). The van der Waals surface area contributed by atoms with Crippen molar-refractivity contribution in [3.63, 3.8) is 0 Å². The Kier molecular flexibility index (Phi) is 4.57. The van der Waals surface area contributed by atoms with Crippen molar-refractivity contribution < 1.29 is 9.15 Å². The highest BCUT2D eigenvalue weighted by Gasteiger charge is 2.11. The molecule has 0 amide bonds. The number of aromatic nitrogens is 2. The summed E-state index contributed by atoms with van der Waals surface area (Å²) < 4.78 is 10.7. The van der Waals surface area contributed by atoms with Crippen LogP contribution >= 0.6 is 11.6 Å². The first-order valence-electron chi connectivity index (χ1n) is 6.07. The van der Waals surface area contributed by atoms with Gasteiger partial charge in [-0.2, -0.15) is 0 Å². The number of rotatable bonds is 5. The van der Waals surface area contributed by atoms with E-state index in [-0.39, 0.29) is 5.88 Å². The van der Waals surface area contributed by atoms with Crippen LogP contribution < -0.4 is 10.5 Å². The molecule has 0 aliphatic heterocycles. The van der Waals surface area contributed by atoms with Gasteiger partial charge in [-0.1, -0.05) is 6.92 Å². The van der Waals surface area contributed by atoms with E-state index >= 15 is 0 Å². The van der Waals surface area contributed by atoms with Crippen LogP contribution in [0.2, 0.25) is 0 Å². The van der Waals surface area contributed by atoms with Crippen LogP contribution in [-0.2, 0) is 6.42 Å². The molecule has 0 saturated carbocycles. The number of halogens is 1. The number of methoxy groups -OCH3 is 1. The summed E-state index contributed by atoms with van der Waals surface area (Å²) in [5, 5.41) is 7.92. The number of alkyl halides is 1. The monoisotopic (exact) mass is 294 g/mol. The van der Waals surface area contributed by atoms with Crippen molar-refractivity contribution in [1.29, 1.82) is 0 Å². The second-order valence-electron chi connectivity index (χ2n) is 3.98. The number of nitrogens with two attached hydrogens (primary N) is 1. The summed E-state index contributed by atoms with van der Waals surface area (Å²) >= 11 is 5.64. The number of benzene rings is 1. The lowest BCUT2D eigenvalue weighted by molar-refractivity contribution is 0.416. The van der Waals surface area contributed by atoms with E-state index in [1.807, 2.05) is 13.0 Å². The molecule has 2 N–H and O–H groups in total. The first-order chi connectivity index (χ1) is 9.67. The van der Waals surface area contributed by atoms with Crippen molar-refractivity contribution >= 4 is 23.1 Å². The molecule has 20 heavy (non-hydrogen) atoms. The van der Waals surface area contributed by atoms with E-state index in [0.29, 0.717) is 35.5 Å². The second kappa shape index (κ2) is 6.38. The molecule has 6 nitrogen and oxygen atoms in total. The van der Waals surface area contributed by atoms with Crippen molar-refractivity contribution in [1.82, 2.24) is 10.2 Å². The molecule has 2 aromatic rings. The van der Waals surface area contributed by atoms with E-state index in [2.05, 4.69) is 15.2 Å². The lowest BCUT2D eigenvalue weighted by atomic mass is 10.2. The van der Waals surface area contributed by atoms with Gasteiger partial charge in [0.05, 0.1) is 13.0 Å². The number of hydrogen-bond acceptors (Lipinski definition) is 5. The minimum absolute atomic E-state index is 0.147. The number of amidine groups is 1. The van der Waals surface area contributed by atoms with Crippen molar-refractivity contribution in [2.75, 3.05) is 13.0 Å². The minimum atomic E-state index is 0.147. The van der Waals surface area contributed by atoms with Gasteiger partial charge in [-0.25, -0.2) is 4.99 Å². The Balaban J connectivity index is 2.43. The van der Waals surface area contributed by atoms with Gasteiger partial charge < -0.3 is 14.9 Å². The molecule has 0 radical (unpaired) electrons. The third kappa shape index (κ3) is 3.08. The van der Waals surface area contributed by atoms with Gasteiger partial charge in [0.1, 0.15) is 17.3 Å². The number of aryl methyl sites for hydroxylation is 1. The van der Waals surface area contributed by atoms with Gasteiger partial charge in [0.15, 0.2) is 0 Å². The maximum absolute atomic E-state index is 5.65. The summed E-state index contributed by atoms with van der Waals surface area (Å²) in [5.41, 5.74) is 6.97. The van der Waals surface area contributed by atoms with E-state index in [0.717, 1.165) is 5.56 Å². The van der Waals surface area contributed by atoms with Crippen molar-refractivity contribution in [2.24, 2.45) is 10.7 Å². The first-order valence-corrected chi connectivity index (χ1v) is 6.61. The van der Waals surface area contributed by atoms with Gasteiger partial charge in [0.2, 0.25) is 11.8 Å². The number of aliphatic imine (C=N–C) groups is 1. The summed E-state index contributed by atoms with van der Waals surface area (Å²) in [5.74, 6) is 2.07. The van der Waals surface area contributed by atoms with Crippen molar-refractivity contribution in [2.45, 2.75) is 13.3 Å². The number of nitrogens with zero attached hydrogens (tertiary/aromatic N) is 3. The molecule has 0 fully saturated rings. The maximum Gasteiger partial charge on any atom is 0.247 e. The fourth-order valence-corrected chi connectivity index (χ4v) is 1.67. The largest absolute Gasteiger partial charge is 0.494 e. The molecule has 0 spiro atoms. The predicted octanol–water partition coefficient (Wildman–Crippen LogP) is 2.54. The Bertz CT molecular complexity index is 625. The first kappa shape index (κ1) is 14.3. The Labute approximate surface area is 121 Å². The topological polar surface area (TPSA) is 86.5 Å². The molecule has 1 aromatic heterocycles. The van der Waals surface area contributed by atoms with Crippen LogP contribution in [0.25, 0.3) is 11.5 Å². The highest BCUT2D eigenvalue weighted by Crippen LogP contribution is 2.32. The molecule has 0 atom stereocenters. The smallest absolute Gasteiger partial charge is 0.247 e. The summed E-state index contributed by atoms with van der Waals surface area (Å²) in [7, 11) is 1.56. The van der Waals surface area contributed by atoms with E-state index in [4.69, 9.17) is 26.5 Å². The molecule has 0 aliphatic carbocycles. The predicted molar refractivity (Wildman–Crippen MR) is 77.7 cm³/mol. The second-order valence-corrected chi connectivity index (χ2v) is 4.25. The summed E-state index contributed by atoms with van der Waals surface area (Å²) in [6.45, 7) is 1.95. The molecule has 1 heterocycles. The van der Waals surface area contributed by atoms with Crippen molar-refractivity contribution in [3.05, 3.63) is 24.1 Å². The zero-order valence-corrected chi connectivity index (χ0v) is 12.0. The average Bonchev–Trinajstić information content (AvgIpc) is 2.96. The van der Waals surface area contributed by atoms with E-state index in [1.165, 1.54) is 0 Å². The van der Waals surface area contributed by atoms with E-state index in [1.54, 1.807) is 19.2 Å². The number of hydrogen-bond donors (Lipinski definition) is 1. The molecule has 0 bridgehead atoms. The Hall–Kier alpha value is -2.08. The molecule has 0 unspecified atom stereocenters. The average molecular weight is 295 g/mol. The molecule has 0 saturated heterocycles. The van der Waals surface area contributed by atoms with Gasteiger partial charge in [0, 0.05) is 12.0 Å². The SMILES string of the molecule is CCc1nnc(-c2ccc(OC)c(N=C(N)CCl)c2)o1. The fraction of sp³-hybridized carbons (Fsp3) is 0.308. The summed E-state index contributed by atoms with van der Waals surface area (Å²) in [4.78, 5) is 4.21. The van der Waals surface area contributed by atoms with E-state index in [9.17, 15) is 0 Å².